The monoisotopic (exact) mass is 307 g/mol. The number of hydrogen-bond donors (Lipinski definition) is 2. The van der Waals surface area contributed by atoms with Crippen LogP contribution in [-0.2, 0) is 0 Å². The molecule has 1 amide bonds. The molecular weight excluding hydrogens is 285 g/mol. The molecule has 0 saturated heterocycles. The van der Waals surface area contributed by atoms with E-state index < -0.39 is 0 Å². The van der Waals surface area contributed by atoms with E-state index in [1.807, 2.05) is 27.1 Å². The molecule has 3 N–H and O–H groups in total. The molecule has 1 rings (SSSR count). The third-order valence-corrected chi connectivity index (χ3v) is 2.95. The van der Waals surface area contributed by atoms with E-state index in [-0.39, 0.29) is 30.7 Å². The molecule has 1 atom stereocenters. The van der Waals surface area contributed by atoms with Gasteiger partial charge < -0.3 is 16.0 Å². The van der Waals surface area contributed by atoms with E-state index in [4.69, 9.17) is 5.73 Å². The van der Waals surface area contributed by atoms with Crippen LogP contribution < -0.4 is 11.1 Å². The first-order chi connectivity index (χ1) is 7.91. The van der Waals surface area contributed by atoms with Crippen molar-refractivity contribution in [2.75, 3.05) is 26.4 Å². The number of anilines is 1. The summed E-state index contributed by atoms with van der Waals surface area (Å²) in [6.45, 7) is 4.59. The minimum atomic E-state index is -0.0662. The summed E-state index contributed by atoms with van der Waals surface area (Å²) in [7, 11) is 3.98. The number of rotatable bonds is 4. The van der Waals surface area contributed by atoms with Crippen LogP contribution in [0.25, 0.3) is 0 Å². The molecule has 4 nitrogen and oxygen atoms in total. The van der Waals surface area contributed by atoms with E-state index >= 15 is 0 Å². The fourth-order valence-electron chi connectivity index (χ4n) is 1.40. The van der Waals surface area contributed by atoms with Crippen molar-refractivity contribution in [3.05, 3.63) is 29.3 Å². The number of likely N-dealkylation sites (N-methyl/N-ethyl adjacent to an activating group) is 1. The van der Waals surface area contributed by atoms with Gasteiger partial charge in [0.2, 0.25) is 0 Å². The van der Waals surface area contributed by atoms with Gasteiger partial charge in [0.15, 0.2) is 0 Å². The summed E-state index contributed by atoms with van der Waals surface area (Å²) in [6.07, 6.45) is 0. The van der Waals surface area contributed by atoms with Crippen molar-refractivity contribution in [2.45, 2.75) is 19.9 Å². The van der Waals surface area contributed by atoms with Gasteiger partial charge in [-0.05, 0) is 45.6 Å². The number of benzene rings is 1. The Morgan fingerprint density at radius 1 is 1.37 bits per heavy atom. The number of amides is 1. The number of carbonyl (C=O) groups excluding carboxylic acids is 1. The molecule has 0 aliphatic rings. The molecule has 0 aromatic heterocycles. The number of hydrogen-bond acceptors (Lipinski definition) is 3. The van der Waals surface area contributed by atoms with E-state index in [1.165, 1.54) is 0 Å². The lowest BCUT2D eigenvalue weighted by Gasteiger charge is -2.20. The lowest BCUT2D eigenvalue weighted by Crippen LogP contribution is -2.38. The van der Waals surface area contributed by atoms with Gasteiger partial charge in [0.1, 0.15) is 0 Å². The Bertz CT molecular complexity index is 411. The van der Waals surface area contributed by atoms with Crippen molar-refractivity contribution < 1.29 is 4.79 Å². The summed E-state index contributed by atoms with van der Waals surface area (Å²) >= 11 is 0. The highest BCUT2D eigenvalue weighted by Gasteiger charge is 2.11. The van der Waals surface area contributed by atoms with Gasteiger partial charge in [0.05, 0.1) is 0 Å². The van der Waals surface area contributed by atoms with Gasteiger partial charge in [0.25, 0.3) is 5.91 Å². The lowest BCUT2D eigenvalue weighted by atomic mass is 10.1. The smallest absolute Gasteiger partial charge is 0.251 e. The van der Waals surface area contributed by atoms with E-state index in [0.717, 1.165) is 5.56 Å². The molecular formula is C13H23Cl2N3O. The SMILES string of the molecule is Cc1ccc(N)cc1C(=O)NCC(C)N(C)C.Cl.Cl. The van der Waals surface area contributed by atoms with Gasteiger partial charge in [-0.1, -0.05) is 6.07 Å². The fourth-order valence-corrected chi connectivity index (χ4v) is 1.40. The van der Waals surface area contributed by atoms with Crippen molar-refractivity contribution >= 4 is 36.4 Å². The Labute approximate surface area is 127 Å². The number of nitrogen functional groups attached to an aromatic ring is 1. The van der Waals surface area contributed by atoms with E-state index in [1.54, 1.807) is 12.1 Å². The summed E-state index contributed by atoms with van der Waals surface area (Å²) in [4.78, 5) is 14.0. The van der Waals surface area contributed by atoms with Crippen LogP contribution in [0.5, 0.6) is 0 Å². The molecule has 0 bridgehead atoms. The molecule has 0 heterocycles. The normalized spacial score (nSPS) is 11.2. The second-order valence-corrected chi connectivity index (χ2v) is 4.60. The summed E-state index contributed by atoms with van der Waals surface area (Å²) in [5.74, 6) is -0.0662. The minimum Gasteiger partial charge on any atom is -0.399 e. The number of nitrogens with one attached hydrogen (secondary N) is 1. The van der Waals surface area contributed by atoms with Crippen molar-refractivity contribution in [1.82, 2.24) is 10.2 Å². The van der Waals surface area contributed by atoms with Crippen molar-refractivity contribution in [3.8, 4) is 0 Å². The maximum Gasteiger partial charge on any atom is 0.251 e. The number of aryl methyl sites for hydroxylation is 1. The first kappa shape index (κ1) is 20.3. The zero-order chi connectivity index (χ0) is 13.0. The molecule has 0 saturated carbocycles. The summed E-state index contributed by atoms with van der Waals surface area (Å²) in [5.41, 5.74) is 7.88. The van der Waals surface area contributed by atoms with Crippen LogP contribution in [0.1, 0.15) is 22.8 Å². The maximum atomic E-state index is 12.0. The first-order valence-electron chi connectivity index (χ1n) is 5.72. The number of nitrogens with two attached hydrogens (primary N) is 1. The van der Waals surface area contributed by atoms with Crippen LogP contribution in [0.2, 0.25) is 0 Å². The van der Waals surface area contributed by atoms with E-state index in [0.29, 0.717) is 23.8 Å². The van der Waals surface area contributed by atoms with Crippen LogP contribution in [-0.4, -0.2) is 37.5 Å². The molecule has 110 valence electrons. The molecule has 0 aliphatic carbocycles. The van der Waals surface area contributed by atoms with Crippen molar-refractivity contribution in [2.24, 2.45) is 0 Å². The predicted octanol–water partition coefficient (Wildman–Crippen LogP) is 2.10. The third-order valence-electron chi connectivity index (χ3n) is 2.95. The van der Waals surface area contributed by atoms with Crippen molar-refractivity contribution in [3.63, 3.8) is 0 Å². The van der Waals surface area contributed by atoms with Crippen LogP contribution in [0.15, 0.2) is 18.2 Å². The maximum absolute atomic E-state index is 12.0. The van der Waals surface area contributed by atoms with Crippen LogP contribution in [0.4, 0.5) is 5.69 Å². The van der Waals surface area contributed by atoms with Gasteiger partial charge in [-0.25, -0.2) is 0 Å². The number of carbonyl (C=O) groups is 1. The minimum absolute atomic E-state index is 0. The molecule has 0 spiro atoms. The lowest BCUT2D eigenvalue weighted by molar-refractivity contribution is 0.0943. The second-order valence-electron chi connectivity index (χ2n) is 4.60. The zero-order valence-corrected chi connectivity index (χ0v) is 13.4. The Morgan fingerprint density at radius 2 is 1.95 bits per heavy atom. The second kappa shape index (κ2) is 9.02. The van der Waals surface area contributed by atoms with Crippen LogP contribution >= 0.6 is 24.8 Å². The van der Waals surface area contributed by atoms with Crippen LogP contribution in [0, 0.1) is 6.92 Å². The largest absolute Gasteiger partial charge is 0.399 e. The Balaban J connectivity index is 0. The topological polar surface area (TPSA) is 58.4 Å². The highest BCUT2D eigenvalue weighted by molar-refractivity contribution is 5.96. The molecule has 1 aromatic rings. The van der Waals surface area contributed by atoms with Gasteiger partial charge in [-0.15, -0.1) is 24.8 Å². The molecule has 0 radical (unpaired) electrons. The average Bonchev–Trinajstić information content (AvgIpc) is 2.28. The van der Waals surface area contributed by atoms with E-state index in [9.17, 15) is 4.79 Å². The average molecular weight is 308 g/mol. The van der Waals surface area contributed by atoms with Gasteiger partial charge in [-0.3, -0.25) is 4.79 Å². The quantitative estimate of drug-likeness (QED) is 0.838. The highest BCUT2D eigenvalue weighted by Crippen LogP contribution is 2.12. The molecule has 1 unspecified atom stereocenters. The fraction of sp³-hybridized carbons (Fsp3) is 0.462. The number of halogens is 2. The van der Waals surface area contributed by atoms with Gasteiger partial charge in [-0.2, -0.15) is 0 Å². The Morgan fingerprint density at radius 3 is 2.47 bits per heavy atom. The summed E-state index contributed by atoms with van der Waals surface area (Å²) in [6, 6.07) is 5.68. The molecule has 6 heteroatoms. The summed E-state index contributed by atoms with van der Waals surface area (Å²) < 4.78 is 0. The Hall–Kier alpha value is -0.970. The highest BCUT2D eigenvalue weighted by atomic mass is 35.5. The van der Waals surface area contributed by atoms with Crippen molar-refractivity contribution in [1.29, 1.82) is 0 Å². The third kappa shape index (κ3) is 6.14. The Kier molecular flexibility index (Phi) is 9.66. The molecule has 0 aliphatic heterocycles. The molecule has 1 aromatic carbocycles. The first-order valence-corrected chi connectivity index (χ1v) is 5.72. The standard InChI is InChI=1S/C13H21N3O.2ClH/c1-9-5-6-11(14)7-12(9)13(17)15-8-10(2)16(3)4;;/h5-7,10H,8,14H2,1-4H3,(H,15,17);2*1H. The van der Waals surface area contributed by atoms with Gasteiger partial charge in [0, 0.05) is 23.8 Å². The van der Waals surface area contributed by atoms with Crippen LogP contribution in [0.3, 0.4) is 0 Å². The zero-order valence-electron chi connectivity index (χ0n) is 11.8. The summed E-state index contributed by atoms with van der Waals surface area (Å²) in [5, 5.41) is 2.91. The molecule has 0 fully saturated rings. The number of nitrogens with zero attached hydrogens (tertiary/aromatic N) is 1. The molecule has 19 heavy (non-hydrogen) atoms. The van der Waals surface area contributed by atoms with E-state index in [2.05, 4.69) is 17.1 Å². The van der Waals surface area contributed by atoms with Gasteiger partial charge >= 0.3 is 0 Å². The predicted molar refractivity (Wildman–Crippen MR) is 85.6 cm³/mol.